The molecule has 0 aliphatic carbocycles. The normalized spacial score (nSPS) is 10.8. The number of carboxylic acid groups (broad SMARTS) is 1. The van der Waals surface area contributed by atoms with Crippen LogP contribution >= 0.6 is 57.6 Å². The molecule has 1 aromatic carbocycles. The van der Waals surface area contributed by atoms with E-state index in [0.717, 1.165) is 10.6 Å². The molecule has 3 aromatic rings. The number of halogens is 2. The molecule has 124 valence electrons. The maximum atomic E-state index is 10.9. The van der Waals surface area contributed by atoms with Gasteiger partial charge in [-0.25, -0.2) is 9.78 Å². The van der Waals surface area contributed by atoms with Crippen molar-refractivity contribution in [3.8, 4) is 0 Å². The van der Waals surface area contributed by atoms with Crippen molar-refractivity contribution in [2.24, 2.45) is 0 Å². The number of carbonyl (C=O) groups is 1. The van der Waals surface area contributed by atoms with E-state index < -0.39 is 5.97 Å². The summed E-state index contributed by atoms with van der Waals surface area (Å²) in [5.74, 6) is -0.242. The number of thiazole rings is 1. The van der Waals surface area contributed by atoms with E-state index in [1.54, 1.807) is 36.0 Å². The molecule has 0 aliphatic rings. The summed E-state index contributed by atoms with van der Waals surface area (Å²) < 4.78 is 0. The summed E-state index contributed by atoms with van der Waals surface area (Å²) in [6, 6.07) is 6.98. The third-order valence-electron chi connectivity index (χ3n) is 2.92. The van der Waals surface area contributed by atoms with Crippen LogP contribution in [0.3, 0.4) is 0 Å². The maximum Gasteiger partial charge on any atom is 0.345 e. The number of rotatable bonds is 6. The van der Waals surface area contributed by atoms with Crippen LogP contribution in [-0.4, -0.2) is 16.1 Å². The number of anilines is 2. The molecule has 4 nitrogen and oxygen atoms in total. The molecule has 2 aromatic heterocycles. The lowest BCUT2D eigenvalue weighted by Crippen LogP contribution is -1.92. The Hall–Kier alpha value is -1.25. The SMILES string of the molecule is O=C(O)c1cc(SCc2csc(Nc3c(Cl)cccc3Cl)n2)cs1. The van der Waals surface area contributed by atoms with Crippen LogP contribution in [0.15, 0.2) is 39.9 Å². The van der Waals surface area contributed by atoms with Crippen molar-refractivity contribution >= 4 is 74.4 Å². The molecular formula is C15H10Cl2N2O2S3. The Morgan fingerprint density at radius 2 is 2.00 bits per heavy atom. The number of nitrogens with zero attached hydrogens (tertiary/aromatic N) is 1. The number of thioether (sulfide) groups is 1. The lowest BCUT2D eigenvalue weighted by molar-refractivity contribution is 0.0702. The molecule has 3 rings (SSSR count). The minimum absolute atomic E-state index is 0.339. The summed E-state index contributed by atoms with van der Waals surface area (Å²) in [5.41, 5.74) is 1.54. The van der Waals surface area contributed by atoms with Gasteiger partial charge in [-0.15, -0.1) is 34.4 Å². The molecule has 0 saturated heterocycles. The first kappa shape index (κ1) is 17.6. The lowest BCUT2D eigenvalue weighted by Gasteiger charge is -2.06. The molecule has 0 aliphatic heterocycles. The summed E-state index contributed by atoms with van der Waals surface area (Å²) in [5, 5.41) is 17.6. The van der Waals surface area contributed by atoms with Crippen molar-refractivity contribution in [1.29, 1.82) is 0 Å². The van der Waals surface area contributed by atoms with Crippen LogP contribution in [0.5, 0.6) is 0 Å². The fraction of sp³-hybridized carbons (Fsp3) is 0.0667. The van der Waals surface area contributed by atoms with Crippen LogP contribution in [0.1, 0.15) is 15.4 Å². The van der Waals surface area contributed by atoms with Gasteiger partial charge in [0.05, 0.1) is 21.4 Å². The minimum atomic E-state index is -0.899. The van der Waals surface area contributed by atoms with E-state index in [4.69, 9.17) is 28.3 Å². The third-order valence-corrected chi connectivity index (χ3v) is 6.43. The second-order valence-corrected chi connectivity index (χ2v) is 8.24. The number of nitrogens with one attached hydrogen (secondary N) is 1. The van der Waals surface area contributed by atoms with Gasteiger partial charge in [-0.1, -0.05) is 29.3 Å². The standard InChI is InChI=1S/C15H10Cl2N2O2S3/c16-10-2-1-3-11(17)13(10)19-15-18-8(6-24-15)5-22-9-4-12(14(20)21)23-7-9/h1-4,6-7H,5H2,(H,18,19)(H,20,21). The van der Waals surface area contributed by atoms with Gasteiger partial charge in [0.2, 0.25) is 0 Å². The highest BCUT2D eigenvalue weighted by Crippen LogP contribution is 2.34. The number of para-hydroxylation sites is 1. The molecule has 0 unspecified atom stereocenters. The predicted molar refractivity (Wildman–Crippen MR) is 103 cm³/mol. The van der Waals surface area contributed by atoms with Gasteiger partial charge in [-0.2, -0.15) is 0 Å². The Kier molecular flexibility index (Phi) is 5.68. The quantitative estimate of drug-likeness (QED) is 0.465. The smallest absolute Gasteiger partial charge is 0.345 e. The highest BCUT2D eigenvalue weighted by atomic mass is 35.5. The maximum absolute atomic E-state index is 10.9. The predicted octanol–water partition coefficient (Wildman–Crippen LogP) is 6.25. The number of aromatic carboxylic acids is 1. The van der Waals surface area contributed by atoms with E-state index in [1.165, 1.54) is 22.7 Å². The van der Waals surface area contributed by atoms with Crippen molar-refractivity contribution in [2.45, 2.75) is 10.6 Å². The molecule has 24 heavy (non-hydrogen) atoms. The fourth-order valence-corrected chi connectivity index (χ4v) is 4.89. The van der Waals surface area contributed by atoms with Crippen LogP contribution in [0, 0.1) is 0 Å². The molecule has 0 spiro atoms. The molecule has 9 heteroatoms. The van der Waals surface area contributed by atoms with Gasteiger partial charge in [-0.05, 0) is 18.2 Å². The summed E-state index contributed by atoms with van der Waals surface area (Å²) in [4.78, 5) is 16.6. The van der Waals surface area contributed by atoms with Gasteiger partial charge in [0.15, 0.2) is 5.13 Å². The van der Waals surface area contributed by atoms with Gasteiger partial charge in [-0.3, -0.25) is 0 Å². The Balaban J connectivity index is 1.64. The number of thiophene rings is 1. The zero-order valence-electron chi connectivity index (χ0n) is 12.0. The summed E-state index contributed by atoms with van der Waals surface area (Å²) >= 11 is 16.5. The summed E-state index contributed by atoms with van der Waals surface area (Å²) in [7, 11) is 0. The Morgan fingerprint density at radius 3 is 2.67 bits per heavy atom. The molecular weight excluding hydrogens is 407 g/mol. The highest BCUT2D eigenvalue weighted by molar-refractivity contribution is 7.98. The van der Waals surface area contributed by atoms with E-state index in [-0.39, 0.29) is 0 Å². The fourth-order valence-electron chi connectivity index (χ4n) is 1.82. The van der Waals surface area contributed by atoms with Gasteiger partial charge < -0.3 is 10.4 Å². The molecule has 0 saturated carbocycles. The van der Waals surface area contributed by atoms with Gasteiger partial charge in [0, 0.05) is 21.4 Å². The van der Waals surface area contributed by atoms with E-state index in [1.807, 2.05) is 10.8 Å². The van der Waals surface area contributed by atoms with Crippen molar-refractivity contribution in [3.63, 3.8) is 0 Å². The highest BCUT2D eigenvalue weighted by Gasteiger charge is 2.10. The largest absolute Gasteiger partial charge is 0.477 e. The van der Waals surface area contributed by atoms with Crippen LogP contribution in [0.4, 0.5) is 10.8 Å². The second-order valence-electron chi connectivity index (χ2n) is 4.61. The van der Waals surface area contributed by atoms with Crippen LogP contribution < -0.4 is 5.32 Å². The number of hydrogen-bond acceptors (Lipinski definition) is 6. The number of carboxylic acids is 1. The summed E-state index contributed by atoms with van der Waals surface area (Å²) in [6.07, 6.45) is 0. The van der Waals surface area contributed by atoms with Crippen molar-refractivity contribution < 1.29 is 9.90 Å². The zero-order chi connectivity index (χ0) is 17.1. The Labute approximate surface area is 160 Å². The van der Waals surface area contributed by atoms with Gasteiger partial charge in [0.25, 0.3) is 0 Å². The summed E-state index contributed by atoms with van der Waals surface area (Å²) in [6.45, 7) is 0. The van der Waals surface area contributed by atoms with Crippen molar-refractivity contribution in [3.05, 3.63) is 55.6 Å². The number of aromatic nitrogens is 1. The second kappa shape index (κ2) is 7.76. The van der Waals surface area contributed by atoms with E-state index in [0.29, 0.717) is 31.5 Å². The Morgan fingerprint density at radius 1 is 1.25 bits per heavy atom. The first-order valence-electron chi connectivity index (χ1n) is 6.63. The molecule has 0 fully saturated rings. The number of benzene rings is 1. The van der Waals surface area contributed by atoms with Crippen LogP contribution in [0.2, 0.25) is 10.0 Å². The van der Waals surface area contributed by atoms with Gasteiger partial charge >= 0.3 is 5.97 Å². The molecule has 0 radical (unpaired) electrons. The zero-order valence-corrected chi connectivity index (χ0v) is 15.9. The molecule has 0 atom stereocenters. The molecule has 2 heterocycles. The first-order chi connectivity index (χ1) is 11.5. The average Bonchev–Trinajstić information content (AvgIpc) is 3.18. The Bertz CT molecular complexity index is 859. The van der Waals surface area contributed by atoms with E-state index >= 15 is 0 Å². The van der Waals surface area contributed by atoms with Crippen molar-refractivity contribution in [2.75, 3.05) is 5.32 Å². The topological polar surface area (TPSA) is 62.2 Å². The molecule has 0 amide bonds. The van der Waals surface area contributed by atoms with E-state index in [2.05, 4.69) is 10.3 Å². The van der Waals surface area contributed by atoms with Crippen LogP contribution in [-0.2, 0) is 5.75 Å². The van der Waals surface area contributed by atoms with E-state index in [9.17, 15) is 4.79 Å². The van der Waals surface area contributed by atoms with Crippen molar-refractivity contribution in [1.82, 2.24) is 4.98 Å². The number of hydrogen-bond donors (Lipinski definition) is 2. The lowest BCUT2D eigenvalue weighted by atomic mass is 10.3. The third kappa shape index (κ3) is 4.23. The average molecular weight is 417 g/mol. The minimum Gasteiger partial charge on any atom is -0.477 e. The molecule has 0 bridgehead atoms. The first-order valence-corrected chi connectivity index (χ1v) is 10.1. The van der Waals surface area contributed by atoms with Crippen LogP contribution in [0.25, 0.3) is 0 Å². The van der Waals surface area contributed by atoms with Gasteiger partial charge in [0.1, 0.15) is 4.88 Å². The molecule has 2 N–H and O–H groups in total. The monoisotopic (exact) mass is 416 g/mol.